The Bertz CT molecular complexity index is 615. The highest BCUT2D eigenvalue weighted by molar-refractivity contribution is 14.0. The highest BCUT2D eigenvalue weighted by Crippen LogP contribution is 2.20. The topological polar surface area (TPSA) is 65.4 Å². The first-order valence-corrected chi connectivity index (χ1v) is 10.6. The first-order chi connectivity index (χ1) is 11.7. The van der Waals surface area contributed by atoms with Crippen LogP contribution < -0.4 is 15.5 Å². The lowest BCUT2D eigenvalue weighted by Gasteiger charge is -2.10. The maximum atomic E-state index is 4.61. The number of aromatic nitrogens is 2. The van der Waals surface area contributed by atoms with Crippen LogP contribution in [-0.2, 0) is 6.54 Å². The fourth-order valence-corrected chi connectivity index (χ4v) is 4.19. The van der Waals surface area contributed by atoms with Crippen molar-refractivity contribution in [3.63, 3.8) is 0 Å². The largest absolute Gasteiger partial charge is 0.357 e. The third kappa shape index (κ3) is 8.56. The molecule has 2 aromatic heterocycles. The summed E-state index contributed by atoms with van der Waals surface area (Å²) in [6.07, 6.45) is 2.91. The zero-order valence-electron chi connectivity index (χ0n) is 14.7. The number of anilines is 1. The zero-order valence-corrected chi connectivity index (χ0v) is 19.5. The van der Waals surface area contributed by atoms with Crippen molar-refractivity contribution < 1.29 is 0 Å². The van der Waals surface area contributed by atoms with Crippen molar-refractivity contribution in [2.45, 2.75) is 24.2 Å². The molecule has 0 aliphatic carbocycles. The van der Waals surface area contributed by atoms with Crippen LogP contribution in [0.25, 0.3) is 0 Å². The van der Waals surface area contributed by atoms with Crippen LogP contribution in [0.15, 0.2) is 26.3 Å². The number of nitrogens with zero attached hydrogens (tertiary/aromatic N) is 4. The molecule has 0 fully saturated rings. The molecule has 0 bridgehead atoms. The van der Waals surface area contributed by atoms with Crippen LogP contribution >= 0.6 is 58.4 Å². The van der Waals surface area contributed by atoms with E-state index < -0.39 is 0 Å². The Kier molecular flexibility index (Phi) is 11.4. The molecule has 2 aromatic rings. The van der Waals surface area contributed by atoms with Crippen LogP contribution in [0.5, 0.6) is 0 Å². The van der Waals surface area contributed by atoms with Crippen LogP contribution in [0.1, 0.15) is 19.0 Å². The predicted octanol–water partition coefficient (Wildman–Crippen LogP) is 3.52. The third-order valence-corrected chi connectivity index (χ3v) is 6.02. The van der Waals surface area contributed by atoms with Gasteiger partial charge in [-0.2, -0.15) is 0 Å². The molecule has 25 heavy (non-hydrogen) atoms. The molecule has 0 saturated carbocycles. The van der Waals surface area contributed by atoms with Crippen molar-refractivity contribution in [1.82, 2.24) is 20.6 Å². The number of nitrogens with one attached hydrogen (secondary N) is 2. The van der Waals surface area contributed by atoms with Gasteiger partial charge in [0.2, 0.25) is 0 Å². The monoisotopic (exact) mass is 512 g/mol. The highest BCUT2D eigenvalue weighted by atomic mass is 127. The molecule has 2 rings (SSSR count). The first kappa shape index (κ1) is 22.5. The molecule has 2 N–H and O–H groups in total. The summed E-state index contributed by atoms with van der Waals surface area (Å²) in [4.78, 5) is 15.4. The Labute approximate surface area is 179 Å². The normalized spacial score (nSPS) is 11.1. The molecule has 0 unspecified atom stereocenters. The summed E-state index contributed by atoms with van der Waals surface area (Å²) < 4.78 is 1.14. The van der Waals surface area contributed by atoms with E-state index in [0.717, 1.165) is 46.4 Å². The van der Waals surface area contributed by atoms with Gasteiger partial charge in [0.05, 0.1) is 12.2 Å². The number of aliphatic imine (C=N–C) groups is 1. The average Bonchev–Trinajstić information content (AvgIpc) is 3.23. The number of rotatable bonds is 9. The van der Waals surface area contributed by atoms with Gasteiger partial charge in [-0.15, -0.1) is 46.7 Å². The van der Waals surface area contributed by atoms with E-state index in [1.807, 2.05) is 30.6 Å². The van der Waals surface area contributed by atoms with Crippen molar-refractivity contribution in [2.24, 2.45) is 4.99 Å². The first-order valence-electron chi connectivity index (χ1n) is 7.85. The van der Waals surface area contributed by atoms with Crippen LogP contribution in [0.4, 0.5) is 5.13 Å². The van der Waals surface area contributed by atoms with Crippen molar-refractivity contribution in [3.05, 3.63) is 22.7 Å². The second kappa shape index (κ2) is 12.7. The molecule has 0 aliphatic rings. The summed E-state index contributed by atoms with van der Waals surface area (Å²) in [5, 5.41) is 11.7. The number of thioether (sulfide) groups is 1. The Morgan fingerprint density at radius 3 is 2.80 bits per heavy atom. The summed E-state index contributed by atoms with van der Waals surface area (Å²) in [6.45, 7) is 4.40. The quantitative estimate of drug-likeness (QED) is 0.176. The van der Waals surface area contributed by atoms with Gasteiger partial charge in [0.15, 0.2) is 11.1 Å². The number of guanidine groups is 1. The lowest BCUT2D eigenvalue weighted by atomic mass is 10.5. The number of hydrogen-bond acceptors (Lipinski definition) is 7. The van der Waals surface area contributed by atoms with Gasteiger partial charge in [-0.1, -0.05) is 11.8 Å². The molecule has 0 radical (unpaired) electrons. The molecular formula is C15H25IN6S3. The van der Waals surface area contributed by atoms with Gasteiger partial charge in [0.25, 0.3) is 0 Å². The lowest BCUT2D eigenvalue weighted by Crippen LogP contribution is -2.37. The van der Waals surface area contributed by atoms with Crippen molar-refractivity contribution in [2.75, 3.05) is 37.8 Å². The summed E-state index contributed by atoms with van der Waals surface area (Å²) in [6, 6.07) is 0. The van der Waals surface area contributed by atoms with Gasteiger partial charge in [-0.25, -0.2) is 15.0 Å². The molecule has 2 heterocycles. The summed E-state index contributed by atoms with van der Waals surface area (Å²) >= 11 is 5.14. The van der Waals surface area contributed by atoms with Crippen molar-refractivity contribution in [3.8, 4) is 0 Å². The molecule has 0 aromatic carbocycles. The van der Waals surface area contributed by atoms with E-state index in [-0.39, 0.29) is 24.0 Å². The maximum absolute atomic E-state index is 4.61. The highest BCUT2D eigenvalue weighted by Gasteiger charge is 2.04. The van der Waals surface area contributed by atoms with E-state index in [4.69, 9.17) is 0 Å². The van der Waals surface area contributed by atoms with E-state index >= 15 is 0 Å². The Hall–Kier alpha value is -0.590. The third-order valence-electron chi connectivity index (χ3n) is 2.91. The van der Waals surface area contributed by atoms with Crippen LogP contribution in [0.2, 0.25) is 0 Å². The fraction of sp³-hybridized carbons (Fsp3) is 0.533. The summed E-state index contributed by atoms with van der Waals surface area (Å²) in [5.74, 6) is 1.90. The molecule has 10 heteroatoms. The minimum absolute atomic E-state index is 0. The molecule has 140 valence electrons. The molecular weight excluding hydrogens is 487 g/mol. The predicted molar refractivity (Wildman–Crippen MR) is 122 cm³/mol. The van der Waals surface area contributed by atoms with Crippen LogP contribution in [0.3, 0.4) is 0 Å². The second-order valence-corrected chi connectivity index (χ2v) is 8.21. The van der Waals surface area contributed by atoms with Crippen molar-refractivity contribution >= 4 is 69.5 Å². The molecule has 6 nitrogen and oxygen atoms in total. The molecule has 0 aliphatic heterocycles. The molecule has 0 spiro atoms. The van der Waals surface area contributed by atoms with Gasteiger partial charge in [0.1, 0.15) is 4.34 Å². The van der Waals surface area contributed by atoms with Gasteiger partial charge in [0, 0.05) is 49.9 Å². The van der Waals surface area contributed by atoms with Crippen molar-refractivity contribution in [1.29, 1.82) is 0 Å². The van der Waals surface area contributed by atoms with Gasteiger partial charge >= 0.3 is 0 Å². The van der Waals surface area contributed by atoms with E-state index in [1.54, 1.807) is 34.4 Å². The minimum Gasteiger partial charge on any atom is -0.357 e. The van der Waals surface area contributed by atoms with E-state index in [2.05, 4.69) is 37.9 Å². The number of hydrogen-bond donors (Lipinski definition) is 2. The minimum atomic E-state index is 0. The molecule has 0 saturated heterocycles. The summed E-state index contributed by atoms with van der Waals surface area (Å²) in [5.41, 5.74) is 1.00. The van der Waals surface area contributed by atoms with Gasteiger partial charge < -0.3 is 15.5 Å². The van der Waals surface area contributed by atoms with Crippen LogP contribution in [0, 0.1) is 0 Å². The lowest BCUT2D eigenvalue weighted by molar-refractivity contribution is 0.787. The van der Waals surface area contributed by atoms with Crippen LogP contribution in [-0.4, -0.2) is 48.9 Å². The smallest absolute Gasteiger partial charge is 0.191 e. The SMILES string of the molecule is CCNC(=NCc1csc(N(C)C)n1)NCCCSc1nccs1.I. The second-order valence-electron chi connectivity index (χ2n) is 5.14. The standard InChI is InChI=1S/C15H24N6S3.HI/c1-4-16-13(17-6-5-8-22-15-18-7-9-23-15)19-10-12-11-24-14(20-12)21(2)3;/h7,9,11H,4-6,8,10H2,1-3H3,(H2,16,17,19);1H. The molecule has 0 amide bonds. The number of halogens is 1. The Balaban J connectivity index is 0.00000312. The van der Waals surface area contributed by atoms with Gasteiger partial charge in [-0.3, -0.25) is 0 Å². The Morgan fingerprint density at radius 1 is 1.32 bits per heavy atom. The van der Waals surface area contributed by atoms with E-state index in [9.17, 15) is 0 Å². The molecule has 0 atom stereocenters. The number of thiazole rings is 2. The van der Waals surface area contributed by atoms with Gasteiger partial charge in [-0.05, 0) is 13.3 Å². The summed E-state index contributed by atoms with van der Waals surface area (Å²) in [7, 11) is 4.00. The maximum Gasteiger partial charge on any atom is 0.191 e. The zero-order chi connectivity index (χ0) is 17.2. The fourth-order valence-electron chi connectivity index (χ4n) is 1.80. The van der Waals surface area contributed by atoms with E-state index in [1.165, 1.54) is 0 Å². The average molecular weight is 513 g/mol. The Morgan fingerprint density at radius 2 is 2.16 bits per heavy atom. The van der Waals surface area contributed by atoms with E-state index in [0.29, 0.717) is 6.54 Å².